The fourth-order valence-corrected chi connectivity index (χ4v) is 0.478. The first-order chi connectivity index (χ1) is 4.81. The molecule has 0 unspecified atom stereocenters. The first-order valence-corrected chi connectivity index (χ1v) is 3.16. The van der Waals surface area contributed by atoms with E-state index in [2.05, 4.69) is 12.2 Å². The van der Waals surface area contributed by atoms with Crippen LogP contribution in [0.4, 0.5) is 0 Å². The number of hydrogen-bond donors (Lipinski definition) is 0. The fraction of sp³-hybridized carbons (Fsp3) is 0.222. The van der Waals surface area contributed by atoms with Gasteiger partial charge in [0, 0.05) is 37.3 Å². The predicted octanol–water partition coefficient (Wildman–Crippen LogP) is 2.49. The van der Waals surface area contributed by atoms with Crippen molar-refractivity contribution in [3.05, 3.63) is 48.1 Å². The minimum atomic E-state index is 0. The Hall–Kier alpha value is 0.297. The third kappa shape index (κ3) is 10.3. The Morgan fingerprint density at radius 1 is 1.09 bits per heavy atom. The van der Waals surface area contributed by atoms with Gasteiger partial charge in [0.2, 0.25) is 0 Å². The Morgan fingerprint density at radius 3 is 1.64 bits per heavy atom. The summed E-state index contributed by atoms with van der Waals surface area (Å²) < 4.78 is 0. The zero-order valence-corrected chi connectivity index (χ0v) is 8.68. The van der Waals surface area contributed by atoms with Crippen LogP contribution in [0.5, 0.6) is 0 Å². The molecule has 0 atom stereocenters. The first-order valence-electron chi connectivity index (χ1n) is 3.16. The zero-order chi connectivity index (χ0) is 7.82. The molecule has 0 aliphatic rings. The van der Waals surface area contributed by atoms with Gasteiger partial charge in [-0.25, -0.2) is 0 Å². The monoisotopic (exact) mass is 301 g/mol. The molecule has 0 aromatic heterocycles. The van der Waals surface area contributed by atoms with E-state index < -0.39 is 0 Å². The van der Waals surface area contributed by atoms with E-state index in [1.165, 1.54) is 0 Å². The van der Waals surface area contributed by atoms with Crippen molar-refractivity contribution in [2.75, 3.05) is 14.1 Å². The van der Waals surface area contributed by atoms with Gasteiger partial charge in [-0.1, -0.05) is 6.07 Å². The van der Waals surface area contributed by atoms with Crippen molar-refractivity contribution >= 4 is 0 Å². The molecular weight excluding hydrogens is 289 g/mol. The molecule has 0 bridgehead atoms. The molecule has 0 aliphatic heterocycles. The van der Waals surface area contributed by atoms with Gasteiger partial charge in [0.05, 0.1) is 0 Å². The van der Waals surface area contributed by atoms with Crippen molar-refractivity contribution in [3.8, 4) is 0 Å². The summed E-state index contributed by atoms with van der Waals surface area (Å²) in [6, 6.07) is 9.87. The average molecular weight is 302 g/mol. The van der Waals surface area contributed by atoms with Crippen LogP contribution in [0, 0.1) is 44.2 Å². The molecule has 2 heteroatoms. The summed E-state index contributed by atoms with van der Waals surface area (Å²) in [7, 11) is 3.50. The molecule has 1 aromatic rings. The smallest absolute Gasteiger partial charge is 0 e. The van der Waals surface area contributed by atoms with E-state index in [4.69, 9.17) is 0 Å². The van der Waals surface area contributed by atoms with Gasteiger partial charge in [-0.05, 0) is 0 Å². The maximum atomic E-state index is 3.72. The van der Waals surface area contributed by atoms with Crippen LogP contribution in [0.25, 0.3) is 5.32 Å². The first kappa shape index (κ1) is 13.9. The van der Waals surface area contributed by atoms with Crippen LogP contribution >= 0.6 is 0 Å². The van der Waals surface area contributed by atoms with Gasteiger partial charge in [0.1, 0.15) is 0 Å². The average Bonchev–Trinajstić information content (AvgIpc) is 1.91. The van der Waals surface area contributed by atoms with Crippen LogP contribution in [0.15, 0.2) is 30.3 Å². The topological polar surface area (TPSA) is 14.1 Å². The Balaban J connectivity index is 0. The second kappa shape index (κ2) is 10.3. The summed E-state index contributed by atoms with van der Waals surface area (Å²) in [6.45, 7) is 3.72. The van der Waals surface area contributed by atoms with Crippen molar-refractivity contribution in [1.29, 1.82) is 0 Å². The maximum Gasteiger partial charge on any atom is 0 e. The molecule has 0 saturated heterocycles. The maximum absolute atomic E-state index is 3.72. The van der Waals surface area contributed by atoms with Crippen molar-refractivity contribution < 1.29 is 37.3 Å². The van der Waals surface area contributed by atoms with E-state index in [1.54, 1.807) is 14.1 Å². The van der Waals surface area contributed by atoms with Crippen LogP contribution in [-0.4, -0.2) is 14.1 Å². The Bertz CT molecular complexity index is 151. The molecule has 0 fully saturated rings. The van der Waals surface area contributed by atoms with Gasteiger partial charge in [0.25, 0.3) is 0 Å². The number of benzene rings is 1. The number of hydrogen-bond acceptors (Lipinski definition) is 0. The van der Waals surface area contributed by atoms with Crippen LogP contribution in [-0.2, 0) is 0 Å². The van der Waals surface area contributed by atoms with Gasteiger partial charge in [-0.15, -0.1) is 12.1 Å². The fourth-order valence-electron chi connectivity index (χ4n) is 0.478. The molecule has 0 saturated carbocycles. The minimum Gasteiger partial charge on any atom is -0.668 e. The molecule has 0 N–H and O–H groups in total. The SMILES string of the molecule is C[N-]C.[CH2-]c1ccccc1.[Er]. The van der Waals surface area contributed by atoms with Crippen LogP contribution < -0.4 is 0 Å². The Kier molecular flexibility index (Phi) is 13.0. The van der Waals surface area contributed by atoms with E-state index in [0.29, 0.717) is 0 Å². The van der Waals surface area contributed by atoms with Gasteiger partial charge in [-0.2, -0.15) is 38.7 Å². The van der Waals surface area contributed by atoms with Gasteiger partial charge in [0.15, 0.2) is 0 Å². The Morgan fingerprint density at radius 2 is 1.45 bits per heavy atom. The van der Waals surface area contributed by atoms with Gasteiger partial charge in [-0.3, -0.25) is 0 Å². The summed E-state index contributed by atoms with van der Waals surface area (Å²) in [4.78, 5) is 0. The van der Waals surface area contributed by atoms with Gasteiger partial charge >= 0.3 is 0 Å². The summed E-state index contributed by atoms with van der Waals surface area (Å²) in [5.74, 6) is 0. The van der Waals surface area contributed by atoms with E-state index in [1.807, 2.05) is 30.3 Å². The minimum absolute atomic E-state index is 0. The van der Waals surface area contributed by atoms with Crippen LogP contribution in [0.3, 0.4) is 0 Å². The molecule has 0 radical (unpaired) electrons. The molecular formula is C9H13ErN-2. The second-order valence-corrected chi connectivity index (χ2v) is 1.93. The molecule has 11 heavy (non-hydrogen) atoms. The van der Waals surface area contributed by atoms with Gasteiger partial charge < -0.3 is 5.32 Å². The number of nitrogens with zero attached hydrogens (tertiary/aromatic N) is 1. The van der Waals surface area contributed by atoms with Crippen molar-refractivity contribution in [3.63, 3.8) is 0 Å². The summed E-state index contributed by atoms with van der Waals surface area (Å²) in [5.41, 5.74) is 1.07. The van der Waals surface area contributed by atoms with Crippen LogP contribution in [0.2, 0.25) is 0 Å². The third-order valence-corrected chi connectivity index (χ3v) is 0.843. The van der Waals surface area contributed by atoms with Crippen molar-refractivity contribution in [1.82, 2.24) is 0 Å². The molecule has 68 valence electrons. The van der Waals surface area contributed by atoms with E-state index in [-0.39, 0.29) is 37.3 Å². The standard InChI is InChI=1S/C7H7.C2H6N.Er/c1-7-5-3-2-4-6-7;1-3-2;/h2-6H,1H2;1-2H3;/q2*-1;. The van der Waals surface area contributed by atoms with E-state index >= 15 is 0 Å². The normalized spacial score (nSPS) is 7.09. The summed E-state index contributed by atoms with van der Waals surface area (Å²) in [6.07, 6.45) is 0. The molecule has 1 aromatic carbocycles. The van der Waals surface area contributed by atoms with E-state index in [0.717, 1.165) is 5.56 Å². The quantitative estimate of drug-likeness (QED) is 0.654. The predicted molar refractivity (Wildman–Crippen MR) is 46.1 cm³/mol. The largest absolute Gasteiger partial charge is 0.668 e. The van der Waals surface area contributed by atoms with Crippen molar-refractivity contribution in [2.24, 2.45) is 0 Å². The molecule has 0 amide bonds. The second-order valence-electron chi connectivity index (χ2n) is 1.93. The molecule has 0 aliphatic carbocycles. The Labute approximate surface area is 98.8 Å². The van der Waals surface area contributed by atoms with Crippen LogP contribution in [0.1, 0.15) is 5.56 Å². The van der Waals surface area contributed by atoms with E-state index in [9.17, 15) is 0 Å². The third-order valence-electron chi connectivity index (χ3n) is 0.843. The van der Waals surface area contributed by atoms with Crippen molar-refractivity contribution in [2.45, 2.75) is 0 Å². The molecule has 1 rings (SSSR count). The summed E-state index contributed by atoms with van der Waals surface area (Å²) in [5, 5.41) is 3.50. The zero-order valence-electron chi connectivity index (χ0n) is 6.83. The molecule has 1 nitrogen and oxygen atoms in total. The number of rotatable bonds is 0. The summed E-state index contributed by atoms with van der Waals surface area (Å²) >= 11 is 0. The molecule has 0 heterocycles. The molecule has 0 spiro atoms.